The molecule has 13 heavy (non-hydrogen) atoms. The smallest absolute Gasteiger partial charge is 0.0878 e. The lowest BCUT2D eigenvalue weighted by Crippen LogP contribution is -2.11. The van der Waals surface area contributed by atoms with Crippen molar-refractivity contribution in [2.45, 2.75) is 13.0 Å². The van der Waals surface area contributed by atoms with Crippen LogP contribution in [0.5, 0.6) is 0 Å². The minimum absolute atomic E-state index is 0.00152. The van der Waals surface area contributed by atoms with Gasteiger partial charge in [0.1, 0.15) is 0 Å². The van der Waals surface area contributed by atoms with Crippen molar-refractivity contribution in [3.63, 3.8) is 0 Å². The van der Waals surface area contributed by atoms with E-state index in [0.717, 1.165) is 0 Å². The monoisotopic (exact) mass is 175 g/mol. The maximum atomic E-state index is 7.50. The highest BCUT2D eigenvalue weighted by atomic mass is 14.7. The molecular weight excluding hydrogens is 162 g/mol. The predicted molar refractivity (Wildman–Crippen MR) is 56.2 cm³/mol. The van der Waals surface area contributed by atoms with Crippen LogP contribution in [-0.2, 0) is 0 Å². The number of hydrogen-bond acceptors (Lipinski definition) is 3. The molecule has 3 nitrogen and oxygen atoms in total. The third-order valence-corrected chi connectivity index (χ3v) is 1.51. The second kappa shape index (κ2) is 4.52. The maximum Gasteiger partial charge on any atom is 0.0878 e. The molecule has 0 spiro atoms. The Morgan fingerprint density at radius 3 is 2.77 bits per heavy atom. The van der Waals surface area contributed by atoms with Crippen LogP contribution < -0.4 is 5.73 Å². The zero-order valence-corrected chi connectivity index (χ0v) is 7.57. The third kappa shape index (κ3) is 3.17. The van der Waals surface area contributed by atoms with Crippen LogP contribution in [0, 0.1) is 5.41 Å². The molecule has 0 aromatic carbocycles. The molecule has 1 aliphatic rings. The average Bonchev–Trinajstić information content (AvgIpc) is 2.08. The van der Waals surface area contributed by atoms with Crippen molar-refractivity contribution >= 4 is 11.4 Å². The first kappa shape index (κ1) is 9.61. The standard InChI is InChI=1S/C10H13N3/c1-8(11)6-7-13-10-5-3-2-4-9(10)12/h2-8,12H,11H2,1H3/b7-6-,12-9?,13-10?. The summed E-state index contributed by atoms with van der Waals surface area (Å²) >= 11 is 0. The van der Waals surface area contributed by atoms with Crippen LogP contribution >= 0.6 is 0 Å². The molecule has 0 heterocycles. The van der Waals surface area contributed by atoms with Gasteiger partial charge in [0.15, 0.2) is 0 Å². The van der Waals surface area contributed by atoms with E-state index in [0.29, 0.717) is 11.4 Å². The molecule has 0 radical (unpaired) electrons. The molecule has 0 aromatic rings. The molecule has 0 saturated carbocycles. The van der Waals surface area contributed by atoms with Crippen LogP contribution in [0.1, 0.15) is 6.92 Å². The van der Waals surface area contributed by atoms with Gasteiger partial charge >= 0.3 is 0 Å². The first-order chi connectivity index (χ1) is 6.20. The highest BCUT2D eigenvalue weighted by Gasteiger charge is 2.00. The summed E-state index contributed by atoms with van der Waals surface area (Å²) in [6.07, 6.45) is 10.6. The molecule has 0 aliphatic heterocycles. The molecule has 3 heteroatoms. The molecule has 3 N–H and O–H groups in total. The van der Waals surface area contributed by atoms with E-state index < -0.39 is 0 Å². The fraction of sp³-hybridized carbons (Fsp3) is 0.200. The molecular formula is C10H13N3. The van der Waals surface area contributed by atoms with Gasteiger partial charge in [0.05, 0.1) is 11.4 Å². The van der Waals surface area contributed by atoms with E-state index in [4.69, 9.17) is 11.1 Å². The summed E-state index contributed by atoms with van der Waals surface area (Å²) in [4.78, 5) is 4.10. The topological polar surface area (TPSA) is 62.2 Å². The number of nitrogens with one attached hydrogen (secondary N) is 1. The Bertz CT molecular complexity index is 306. The summed E-state index contributed by atoms with van der Waals surface area (Å²) < 4.78 is 0. The van der Waals surface area contributed by atoms with Gasteiger partial charge in [0, 0.05) is 12.2 Å². The summed E-state index contributed by atoms with van der Waals surface area (Å²) in [6, 6.07) is 0.00152. The Balaban J connectivity index is 2.67. The highest BCUT2D eigenvalue weighted by Crippen LogP contribution is 1.96. The zero-order chi connectivity index (χ0) is 9.68. The fourth-order valence-electron chi connectivity index (χ4n) is 0.845. The number of nitrogens with zero attached hydrogens (tertiary/aromatic N) is 1. The lowest BCUT2D eigenvalue weighted by atomic mass is 10.1. The first-order valence-electron chi connectivity index (χ1n) is 4.14. The van der Waals surface area contributed by atoms with Gasteiger partial charge in [0.2, 0.25) is 0 Å². The van der Waals surface area contributed by atoms with Crippen LogP contribution in [0.25, 0.3) is 0 Å². The van der Waals surface area contributed by atoms with Gasteiger partial charge in [-0.25, -0.2) is 0 Å². The normalized spacial score (nSPS) is 21.7. The second-order valence-electron chi connectivity index (χ2n) is 2.85. The molecule has 0 saturated heterocycles. The lowest BCUT2D eigenvalue weighted by molar-refractivity contribution is 0.923. The van der Waals surface area contributed by atoms with Gasteiger partial charge in [-0.3, -0.25) is 10.4 Å². The number of allylic oxidation sites excluding steroid dienone is 4. The quantitative estimate of drug-likeness (QED) is 0.613. The van der Waals surface area contributed by atoms with Gasteiger partial charge in [-0.2, -0.15) is 0 Å². The Morgan fingerprint density at radius 2 is 2.15 bits per heavy atom. The molecule has 0 bridgehead atoms. The van der Waals surface area contributed by atoms with Crippen molar-refractivity contribution in [1.29, 1.82) is 5.41 Å². The number of nitrogens with two attached hydrogens (primary N) is 1. The third-order valence-electron chi connectivity index (χ3n) is 1.51. The van der Waals surface area contributed by atoms with Crippen LogP contribution in [0.2, 0.25) is 0 Å². The van der Waals surface area contributed by atoms with Gasteiger partial charge in [-0.15, -0.1) is 0 Å². The molecule has 0 aromatic heterocycles. The van der Waals surface area contributed by atoms with E-state index in [-0.39, 0.29) is 6.04 Å². The minimum atomic E-state index is 0.00152. The molecule has 1 aliphatic carbocycles. The molecule has 1 atom stereocenters. The average molecular weight is 175 g/mol. The first-order valence-corrected chi connectivity index (χ1v) is 4.14. The van der Waals surface area contributed by atoms with E-state index >= 15 is 0 Å². The SMILES string of the molecule is CC(N)/C=C\N=C1C=CC=CC1=N. The van der Waals surface area contributed by atoms with Crippen molar-refractivity contribution in [3.8, 4) is 0 Å². The van der Waals surface area contributed by atoms with Crippen molar-refractivity contribution in [1.82, 2.24) is 0 Å². The van der Waals surface area contributed by atoms with E-state index in [1.807, 2.05) is 19.1 Å². The predicted octanol–water partition coefficient (Wildman–Crippen LogP) is 1.43. The van der Waals surface area contributed by atoms with Crippen molar-refractivity contribution in [2.75, 3.05) is 0 Å². The number of rotatable bonds is 2. The van der Waals surface area contributed by atoms with Crippen molar-refractivity contribution in [2.24, 2.45) is 10.7 Å². The van der Waals surface area contributed by atoms with Gasteiger partial charge in [-0.05, 0) is 25.2 Å². The van der Waals surface area contributed by atoms with Crippen LogP contribution in [-0.4, -0.2) is 17.5 Å². The highest BCUT2D eigenvalue weighted by molar-refractivity contribution is 6.50. The van der Waals surface area contributed by atoms with Crippen molar-refractivity contribution in [3.05, 3.63) is 36.6 Å². The van der Waals surface area contributed by atoms with Gasteiger partial charge in [0.25, 0.3) is 0 Å². The van der Waals surface area contributed by atoms with E-state index in [2.05, 4.69) is 4.99 Å². The molecule has 68 valence electrons. The number of hydrogen-bond donors (Lipinski definition) is 2. The molecule has 0 amide bonds. The van der Waals surface area contributed by atoms with E-state index in [1.165, 1.54) is 0 Å². The Hall–Kier alpha value is -1.48. The van der Waals surface area contributed by atoms with Crippen LogP contribution in [0.3, 0.4) is 0 Å². The summed E-state index contributed by atoms with van der Waals surface area (Å²) in [5, 5.41) is 7.50. The fourth-order valence-corrected chi connectivity index (χ4v) is 0.845. The summed E-state index contributed by atoms with van der Waals surface area (Å²) in [5.74, 6) is 0. The Labute approximate surface area is 77.9 Å². The molecule has 0 fully saturated rings. The van der Waals surface area contributed by atoms with Crippen LogP contribution in [0.15, 0.2) is 41.6 Å². The Morgan fingerprint density at radius 1 is 1.46 bits per heavy atom. The van der Waals surface area contributed by atoms with Crippen LogP contribution in [0.4, 0.5) is 0 Å². The largest absolute Gasteiger partial charge is 0.325 e. The molecule has 1 unspecified atom stereocenters. The molecule has 1 rings (SSSR count). The zero-order valence-electron chi connectivity index (χ0n) is 7.57. The van der Waals surface area contributed by atoms with Gasteiger partial charge < -0.3 is 5.73 Å². The number of aliphatic imine (C=N–C) groups is 1. The minimum Gasteiger partial charge on any atom is -0.325 e. The van der Waals surface area contributed by atoms with Crippen molar-refractivity contribution < 1.29 is 0 Å². The van der Waals surface area contributed by atoms with Gasteiger partial charge in [-0.1, -0.05) is 12.2 Å². The summed E-state index contributed by atoms with van der Waals surface area (Å²) in [5.41, 5.74) is 6.59. The van der Waals surface area contributed by atoms with E-state index in [9.17, 15) is 0 Å². The summed E-state index contributed by atoms with van der Waals surface area (Å²) in [7, 11) is 0. The second-order valence-corrected chi connectivity index (χ2v) is 2.85. The Kier molecular flexibility index (Phi) is 3.34. The maximum absolute atomic E-state index is 7.50. The van der Waals surface area contributed by atoms with E-state index in [1.54, 1.807) is 24.4 Å². The lowest BCUT2D eigenvalue weighted by Gasteiger charge is -2.00. The summed E-state index contributed by atoms with van der Waals surface area (Å²) in [6.45, 7) is 1.87.